The number of unbranched alkanes of at least 4 members (excludes halogenated alkanes) is 19. The third-order valence-corrected chi connectivity index (χ3v) is 9.65. The fourth-order valence-corrected chi connectivity index (χ4v) is 6.49. The summed E-state index contributed by atoms with van der Waals surface area (Å²) >= 11 is 0. The Balaban J connectivity index is 2.08. The van der Waals surface area contributed by atoms with Crippen molar-refractivity contribution >= 4 is 6.34 Å². The van der Waals surface area contributed by atoms with Crippen LogP contribution in [0, 0.1) is 0 Å². The van der Waals surface area contributed by atoms with E-state index in [0.717, 1.165) is 25.4 Å². The number of aliphatic imine (C=N–C) groups is 1. The summed E-state index contributed by atoms with van der Waals surface area (Å²) < 4.78 is 0. The Morgan fingerprint density at radius 1 is 0.553 bits per heavy atom. The third kappa shape index (κ3) is 32.7. The molecule has 0 saturated carbocycles. The molecular formula is C44H81N3. The molecule has 0 aliphatic carbocycles. The van der Waals surface area contributed by atoms with Crippen molar-refractivity contribution < 1.29 is 0 Å². The smallest absolute Gasteiger partial charge is 0.0827 e. The van der Waals surface area contributed by atoms with Crippen LogP contribution < -0.4 is 10.6 Å². The molecule has 1 rings (SSSR count). The van der Waals surface area contributed by atoms with E-state index in [2.05, 4.69) is 78.1 Å². The maximum Gasteiger partial charge on any atom is 0.0827 e. The lowest BCUT2D eigenvalue weighted by Crippen LogP contribution is -2.30. The molecule has 0 aromatic carbocycles. The summed E-state index contributed by atoms with van der Waals surface area (Å²) in [6, 6.07) is 1.31. The molecule has 0 amide bonds. The van der Waals surface area contributed by atoms with Crippen LogP contribution in [-0.2, 0) is 0 Å². The number of hydrogen-bond donors (Lipinski definition) is 2. The standard InChI is InChI=1S/C44H81N3/c1-3-5-7-9-11-13-15-17-19-21-23-25-27-29-31-33-37-43(46-40-36-35-39-44-41-45-42-47-44)38-34-32-30-28-26-24-22-20-18-16-14-12-10-8-6-4-2/h11-14,17-20,42-44,46H,3-10,15-16,21-41H2,1-2H3,(H,45,47). The maximum absolute atomic E-state index is 4.32. The van der Waals surface area contributed by atoms with Crippen molar-refractivity contribution in [3.63, 3.8) is 0 Å². The summed E-state index contributed by atoms with van der Waals surface area (Å²) in [5, 5.41) is 7.35. The van der Waals surface area contributed by atoms with Crippen molar-refractivity contribution in [3.05, 3.63) is 48.6 Å². The first kappa shape index (κ1) is 43.4. The highest BCUT2D eigenvalue weighted by Gasteiger charge is 2.11. The molecule has 47 heavy (non-hydrogen) atoms. The monoisotopic (exact) mass is 652 g/mol. The fraction of sp³-hybridized carbons (Fsp3) is 0.795. The van der Waals surface area contributed by atoms with Crippen LogP contribution in [0.1, 0.15) is 200 Å². The normalized spacial score (nSPS) is 15.7. The van der Waals surface area contributed by atoms with Crippen LogP contribution in [0.2, 0.25) is 0 Å². The van der Waals surface area contributed by atoms with E-state index in [1.807, 2.05) is 6.34 Å². The van der Waals surface area contributed by atoms with Crippen LogP contribution in [0.25, 0.3) is 0 Å². The van der Waals surface area contributed by atoms with E-state index in [1.165, 1.54) is 180 Å². The maximum atomic E-state index is 4.32. The van der Waals surface area contributed by atoms with Crippen molar-refractivity contribution in [2.75, 3.05) is 13.1 Å². The minimum absolute atomic E-state index is 0.586. The highest BCUT2D eigenvalue weighted by Crippen LogP contribution is 2.16. The lowest BCUT2D eigenvalue weighted by molar-refractivity contribution is 0.404. The van der Waals surface area contributed by atoms with Gasteiger partial charge in [-0.2, -0.15) is 0 Å². The molecule has 0 saturated heterocycles. The number of rotatable bonds is 36. The summed E-state index contributed by atoms with van der Waals surface area (Å²) in [4.78, 5) is 4.32. The molecule has 3 heteroatoms. The second-order valence-corrected chi connectivity index (χ2v) is 14.3. The van der Waals surface area contributed by atoms with Crippen LogP contribution in [0.4, 0.5) is 0 Å². The summed E-state index contributed by atoms with van der Waals surface area (Å²) in [5.74, 6) is 0. The predicted octanol–water partition coefficient (Wildman–Crippen LogP) is 13.5. The van der Waals surface area contributed by atoms with Crippen molar-refractivity contribution in [2.24, 2.45) is 4.99 Å². The van der Waals surface area contributed by atoms with Crippen LogP contribution in [0.15, 0.2) is 53.6 Å². The highest BCUT2D eigenvalue weighted by molar-refractivity contribution is 5.57. The molecule has 0 bridgehead atoms. The zero-order chi connectivity index (χ0) is 33.6. The molecular weight excluding hydrogens is 571 g/mol. The Labute approximate surface area is 295 Å². The number of nitrogens with zero attached hydrogens (tertiary/aromatic N) is 1. The van der Waals surface area contributed by atoms with E-state index in [9.17, 15) is 0 Å². The number of hydrogen-bond acceptors (Lipinski definition) is 3. The van der Waals surface area contributed by atoms with Gasteiger partial charge in [-0.3, -0.25) is 4.99 Å². The van der Waals surface area contributed by atoms with Crippen molar-refractivity contribution in [1.82, 2.24) is 10.6 Å². The molecule has 0 aromatic rings. The van der Waals surface area contributed by atoms with Gasteiger partial charge in [0.2, 0.25) is 0 Å². The van der Waals surface area contributed by atoms with E-state index >= 15 is 0 Å². The van der Waals surface area contributed by atoms with Gasteiger partial charge < -0.3 is 10.6 Å². The van der Waals surface area contributed by atoms with Gasteiger partial charge in [-0.1, -0.05) is 159 Å². The Morgan fingerprint density at radius 3 is 1.45 bits per heavy atom. The van der Waals surface area contributed by atoms with Crippen LogP contribution >= 0.6 is 0 Å². The van der Waals surface area contributed by atoms with Gasteiger partial charge in [0.1, 0.15) is 0 Å². The van der Waals surface area contributed by atoms with E-state index in [1.54, 1.807) is 0 Å². The average Bonchev–Trinajstić information content (AvgIpc) is 3.61. The minimum Gasteiger partial charge on any atom is -0.372 e. The van der Waals surface area contributed by atoms with Crippen LogP contribution in [0.3, 0.4) is 0 Å². The third-order valence-electron chi connectivity index (χ3n) is 9.65. The van der Waals surface area contributed by atoms with Gasteiger partial charge in [0.15, 0.2) is 0 Å². The van der Waals surface area contributed by atoms with Gasteiger partial charge in [0.25, 0.3) is 0 Å². The summed E-state index contributed by atoms with van der Waals surface area (Å²) in [6.45, 7) is 6.70. The van der Waals surface area contributed by atoms with Crippen molar-refractivity contribution in [3.8, 4) is 0 Å². The molecule has 2 N–H and O–H groups in total. The molecule has 1 heterocycles. The van der Waals surface area contributed by atoms with Gasteiger partial charge in [-0.25, -0.2) is 0 Å². The van der Waals surface area contributed by atoms with Gasteiger partial charge in [-0.15, -0.1) is 0 Å². The molecule has 0 aromatic heterocycles. The zero-order valence-electron chi connectivity index (χ0n) is 31.7. The summed E-state index contributed by atoms with van der Waals surface area (Å²) in [6.07, 6.45) is 59.5. The lowest BCUT2D eigenvalue weighted by atomic mass is 9.99. The average molecular weight is 652 g/mol. The quantitative estimate of drug-likeness (QED) is 0.0522. The number of nitrogens with one attached hydrogen (secondary N) is 2. The number of allylic oxidation sites excluding steroid dienone is 8. The largest absolute Gasteiger partial charge is 0.372 e. The molecule has 272 valence electrons. The summed E-state index contributed by atoms with van der Waals surface area (Å²) in [7, 11) is 0. The molecule has 0 fully saturated rings. The Hall–Kier alpha value is -1.61. The van der Waals surface area contributed by atoms with Crippen LogP contribution in [0.5, 0.6) is 0 Å². The van der Waals surface area contributed by atoms with E-state index in [4.69, 9.17) is 0 Å². The molecule has 0 spiro atoms. The molecule has 3 nitrogen and oxygen atoms in total. The molecule has 0 radical (unpaired) electrons. The summed E-state index contributed by atoms with van der Waals surface area (Å²) in [5.41, 5.74) is 0. The SMILES string of the molecule is CCCCCC=CCC=CCCCCCCCCC(CCCCCCCCC=CCC=CCCCCC)NCCCCC1CN=CN1. The van der Waals surface area contributed by atoms with Crippen molar-refractivity contribution in [1.29, 1.82) is 0 Å². The Bertz CT molecular complexity index is 708. The van der Waals surface area contributed by atoms with E-state index < -0.39 is 0 Å². The second-order valence-electron chi connectivity index (χ2n) is 14.3. The highest BCUT2D eigenvalue weighted by atomic mass is 15.0. The van der Waals surface area contributed by atoms with E-state index in [-0.39, 0.29) is 0 Å². The first-order chi connectivity index (χ1) is 23.4. The van der Waals surface area contributed by atoms with E-state index in [0.29, 0.717) is 6.04 Å². The minimum atomic E-state index is 0.586. The van der Waals surface area contributed by atoms with Gasteiger partial charge in [0, 0.05) is 12.1 Å². The lowest BCUT2D eigenvalue weighted by Gasteiger charge is -2.19. The molecule has 1 aliphatic rings. The molecule has 1 unspecified atom stereocenters. The zero-order valence-corrected chi connectivity index (χ0v) is 31.7. The Kier molecular flexibility index (Phi) is 34.4. The second kappa shape index (κ2) is 37.2. The predicted molar refractivity (Wildman–Crippen MR) is 214 cm³/mol. The molecule has 1 atom stereocenters. The first-order valence-corrected chi connectivity index (χ1v) is 20.9. The van der Waals surface area contributed by atoms with Crippen molar-refractivity contribution in [2.45, 2.75) is 212 Å². The van der Waals surface area contributed by atoms with Crippen LogP contribution in [-0.4, -0.2) is 31.5 Å². The van der Waals surface area contributed by atoms with Gasteiger partial charge in [0.05, 0.1) is 12.9 Å². The Morgan fingerprint density at radius 2 is 1.00 bits per heavy atom. The van der Waals surface area contributed by atoms with Gasteiger partial charge in [-0.05, 0) is 96.4 Å². The first-order valence-electron chi connectivity index (χ1n) is 20.9. The topological polar surface area (TPSA) is 36.4 Å². The molecule has 1 aliphatic heterocycles. The van der Waals surface area contributed by atoms with Gasteiger partial charge >= 0.3 is 0 Å². The fourth-order valence-electron chi connectivity index (χ4n) is 6.49.